The number of nitrogens with two attached hydrogens (primary N) is 1. The van der Waals surface area contributed by atoms with Gasteiger partial charge in [0.2, 0.25) is 0 Å². The van der Waals surface area contributed by atoms with E-state index < -0.39 is 0 Å². The van der Waals surface area contributed by atoms with Crippen molar-refractivity contribution in [1.82, 2.24) is 20.0 Å². The average molecular weight is 239 g/mol. The number of aromatic nitrogens is 2. The Morgan fingerprint density at radius 2 is 2.29 bits per heavy atom. The standard InChI is InChI=1S/C11H21N5O/c1-8(5-6-15(2)3)13-11(17)10-9(12)7-16(4)14-10/h7-8H,5-6,12H2,1-4H3,(H,13,17). The predicted molar refractivity (Wildman–Crippen MR) is 67.7 cm³/mol. The summed E-state index contributed by atoms with van der Waals surface area (Å²) in [6, 6.07) is 0.103. The number of amides is 1. The highest BCUT2D eigenvalue weighted by atomic mass is 16.2. The molecule has 0 aliphatic carbocycles. The Labute approximate surface area is 102 Å². The third-order valence-corrected chi connectivity index (χ3v) is 2.46. The summed E-state index contributed by atoms with van der Waals surface area (Å²) in [5, 5.41) is 6.91. The van der Waals surface area contributed by atoms with Gasteiger partial charge in [-0.25, -0.2) is 0 Å². The van der Waals surface area contributed by atoms with Crippen molar-refractivity contribution in [1.29, 1.82) is 0 Å². The lowest BCUT2D eigenvalue weighted by Gasteiger charge is -2.16. The Kier molecular flexibility index (Phi) is 4.51. The Balaban J connectivity index is 2.51. The molecule has 1 unspecified atom stereocenters. The lowest BCUT2D eigenvalue weighted by atomic mass is 10.2. The number of carbonyl (C=O) groups excluding carboxylic acids is 1. The topological polar surface area (TPSA) is 76.2 Å². The van der Waals surface area contributed by atoms with Gasteiger partial charge < -0.3 is 16.0 Å². The highest BCUT2D eigenvalue weighted by molar-refractivity contribution is 5.97. The van der Waals surface area contributed by atoms with Crippen molar-refractivity contribution in [2.45, 2.75) is 19.4 Å². The van der Waals surface area contributed by atoms with Gasteiger partial charge in [-0.2, -0.15) is 5.10 Å². The first kappa shape index (κ1) is 13.5. The van der Waals surface area contributed by atoms with E-state index in [9.17, 15) is 4.79 Å². The summed E-state index contributed by atoms with van der Waals surface area (Å²) in [7, 11) is 5.75. The van der Waals surface area contributed by atoms with Gasteiger partial charge in [0.05, 0.1) is 5.69 Å². The minimum Gasteiger partial charge on any atom is -0.396 e. The van der Waals surface area contributed by atoms with Gasteiger partial charge in [0.1, 0.15) is 0 Å². The van der Waals surface area contributed by atoms with Crippen molar-refractivity contribution in [3.8, 4) is 0 Å². The second-order valence-electron chi connectivity index (χ2n) is 4.57. The summed E-state index contributed by atoms with van der Waals surface area (Å²) in [5.74, 6) is -0.214. The molecule has 6 heteroatoms. The molecule has 6 nitrogen and oxygen atoms in total. The first-order chi connectivity index (χ1) is 7.90. The van der Waals surface area contributed by atoms with Gasteiger partial charge in [0.15, 0.2) is 5.69 Å². The highest BCUT2D eigenvalue weighted by Crippen LogP contribution is 2.08. The number of nitrogens with zero attached hydrogens (tertiary/aromatic N) is 3. The second kappa shape index (κ2) is 5.67. The van der Waals surface area contributed by atoms with E-state index in [-0.39, 0.29) is 11.9 Å². The fourth-order valence-electron chi connectivity index (χ4n) is 1.50. The molecule has 0 aromatic carbocycles. The number of nitrogens with one attached hydrogen (secondary N) is 1. The largest absolute Gasteiger partial charge is 0.396 e. The van der Waals surface area contributed by atoms with Crippen LogP contribution >= 0.6 is 0 Å². The molecule has 1 aromatic heterocycles. The zero-order valence-corrected chi connectivity index (χ0v) is 10.9. The number of hydrogen-bond donors (Lipinski definition) is 2. The molecule has 1 heterocycles. The summed E-state index contributed by atoms with van der Waals surface area (Å²) in [6.45, 7) is 2.90. The Bertz CT molecular complexity index is 385. The number of nitrogen functional groups attached to an aromatic ring is 1. The molecule has 96 valence electrons. The van der Waals surface area contributed by atoms with Crippen LogP contribution in [0.4, 0.5) is 5.69 Å². The quantitative estimate of drug-likeness (QED) is 0.762. The minimum atomic E-state index is -0.214. The van der Waals surface area contributed by atoms with E-state index in [1.807, 2.05) is 21.0 Å². The van der Waals surface area contributed by atoms with E-state index >= 15 is 0 Å². The van der Waals surface area contributed by atoms with Crippen LogP contribution in [0.2, 0.25) is 0 Å². The predicted octanol–water partition coefficient (Wildman–Crippen LogP) is 0.0723. The molecule has 1 atom stereocenters. The van der Waals surface area contributed by atoms with Crippen molar-refractivity contribution in [3.05, 3.63) is 11.9 Å². The maximum absolute atomic E-state index is 11.9. The molecule has 0 radical (unpaired) electrons. The van der Waals surface area contributed by atoms with Gasteiger partial charge >= 0.3 is 0 Å². The summed E-state index contributed by atoms with van der Waals surface area (Å²) in [5.41, 5.74) is 6.39. The van der Waals surface area contributed by atoms with Crippen LogP contribution in [-0.4, -0.2) is 47.3 Å². The van der Waals surface area contributed by atoms with Crippen LogP contribution in [0.1, 0.15) is 23.8 Å². The first-order valence-corrected chi connectivity index (χ1v) is 5.65. The highest BCUT2D eigenvalue weighted by Gasteiger charge is 2.15. The molecule has 1 aromatic rings. The van der Waals surface area contributed by atoms with E-state index in [2.05, 4.69) is 15.3 Å². The smallest absolute Gasteiger partial charge is 0.274 e. The molecule has 0 aliphatic heterocycles. The second-order valence-corrected chi connectivity index (χ2v) is 4.57. The SMILES string of the molecule is CC(CCN(C)C)NC(=O)c1nn(C)cc1N. The first-order valence-electron chi connectivity index (χ1n) is 5.65. The van der Waals surface area contributed by atoms with Crippen LogP contribution in [-0.2, 0) is 7.05 Å². The van der Waals surface area contributed by atoms with Crippen LogP contribution < -0.4 is 11.1 Å². The van der Waals surface area contributed by atoms with E-state index in [1.54, 1.807) is 13.2 Å². The van der Waals surface area contributed by atoms with Gasteiger partial charge in [-0.1, -0.05) is 0 Å². The zero-order chi connectivity index (χ0) is 13.0. The maximum atomic E-state index is 11.9. The van der Waals surface area contributed by atoms with E-state index in [0.717, 1.165) is 13.0 Å². The molecule has 1 rings (SSSR count). The molecule has 0 saturated heterocycles. The number of anilines is 1. The van der Waals surface area contributed by atoms with Gasteiger partial charge in [-0.15, -0.1) is 0 Å². The number of carbonyl (C=O) groups is 1. The van der Waals surface area contributed by atoms with Gasteiger partial charge in [0.25, 0.3) is 5.91 Å². The molecule has 0 saturated carbocycles. The molecule has 0 bridgehead atoms. The normalized spacial score (nSPS) is 12.8. The molecule has 17 heavy (non-hydrogen) atoms. The molecular weight excluding hydrogens is 218 g/mol. The lowest BCUT2D eigenvalue weighted by molar-refractivity contribution is 0.0932. The van der Waals surface area contributed by atoms with Crippen LogP contribution in [0.25, 0.3) is 0 Å². The van der Waals surface area contributed by atoms with E-state index in [4.69, 9.17) is 5.73 Å². The number of rotatable bonds is 5. The van der Waals surface area contributed by atoms with Crippen molar-refractivity contribution >= 4 is 11.6 Å². The Morgan fingerprint density at radius 3 is 2.76 bits per heavy atom. The average Bonchev–Trinajstić information content (AvgIpc) is 2.55. The Morgan fingerprint density at radius 1 is 1.65 bits per heavy atom. The molecule has 3 N–H and O–H groups in total. The third kappa shape index (κ3) is 4.07. The molecule has 0 spiro atoms. The monoisotopic (exact) mass is 239 g/mol. The Hall–Kier alpha value is -1.56. The van der Waals surface area contributed by atoms with Gasteiger partial charge in [-0.05, 0) is 34.0 Å². The zero-order valence-electron chi connectivity index (χ0n) is 10.9. The van der Waals surface area contributed by atoms with E-state index in [1.165, 1.54) is 4.68 Å². The van der Waals surface area contributed by atoms with Crippen molar-refractivity contribution < 1.29 is 4.79 Å². The summed E-state index contributed by atoms with van der Waals surface area (Å²) in [4.78, 5) is 13.9. The molecular formula is C11H21N5O. The van der Waals surface area contributed by atoms with Crippen LogP contribution in [0, 0.1) is 0 Å². The van der Waals surface area contributed by atoms with Crippen LogP contribution in [0.15, 0.2) is 6.20 Å². The fourth-order valence-corrected chi connectivity index (χ4v) is 1.50. The van der Waals surface area contributed by atoms with Crippen molar-refractivity contribution in [3.63, 3.8) is 0 Å². The number of hydrogen-bond acceptors (Lipinski definition) is 4. The maximum Gasteiger partial charge on any atom is 0.274 e. The van der Waals surface area contributed by atoms with Crippen LogP contribution in [0.5, 0.6) is 0 Å². The lowest BCUT2D eigenvalue weighted by Crippen LogP contribution is -2.35. The van der Waals surface area contributed by atoms with Gasteiger partial charge in [-0.3, -0.25) is 9.48 Å². The van der Waals surface area contributed by atoms with E-state index in [0.29, 0.717) is 11.4 Å². The van der Waals surface area contributed by atoms with Crippen LogP contribution in [0.3, 0.4) is 0 Å². The van der Waals surface area contributed by atoms with Crippen molar-refractivity contribution in [2.24, 2.45) is 7.05 Å². The minimum absolute atomic E-state index is 0.103. The fraction of sp³-hybridized carbons (Fsp3) is 0.636. The summed E-state index contributed by atoms with van der Waals surface area (Å²) >= 11 is 0. The molecule has 1 amide bonds. The third-order valence-electron chi connectivity index (χ3n) is 2.46. The molecule has 0 aliphatic rings. The summed E-state index contributed by atoms with van der Waals surface area (Å²) in [6.07, 6.45) is 2.52. The molecule has 0 fully saturated rings. The van der Waals surface area contributed by atoms with Gasteiger partial charge in [0, 0.05) is 19.3 Å². The van der Waals surface area contributed by atoms with Crippen molar-refractivity contribution in [2.75, 3.05) is 26.4 Å². The summed E-state index contributed by atoms with van der Waals surface area (Å²) < 4.78 is 1.54. The number of aryl methyl sites for hydroxylation is 1.